The number of aliphatic hydroxyl groups excluding tert-OH is 1. The number of thiazole rings is 1. The Labute approximate surface area is 132 Å². The van der Waals surface area contributed by atoms with Crippen LogP contribution in [0.1, 0.15) is 22.5 Å². The standard InChI is InChI=1S/C15H15ClN2O2S/c16-7-12-9-21-14(17-12)10-1-3-11(4-2-10)15(20)18-6-5-13(19)8-18/h1-4,9,13,19H,5-8H2. The molecule has 4 nitrogen and oxygen atoms in total. The Balaban J connectivity index is 1.76. The van der Waals surface area contributed by atoms with Crippen LogP contribution in [0.2, 0.25) is 0 Å². The molecule has 0 bridgehead atoms. The molecular weight excluding hydrogens is 308 g/mol. The Morgan fingerprint density at radius 3 is 2.76 bits per heavy atom. The molecule has 0 radical (unpaired) electrons. The number of aliphatic hydroxyl groups is 1. The molecule has 1 aromatic heterocycles. The van der Waals surface area contributed by atoms with Gasteiger partial charge in [0.15, 0.2) is 0 Å². The molecule has 3 rings (SSSR count). The van der Waals surface area contributed by atoms with Gasteiger partial charge in [-0.3, -0.25) is 4.79 Å². The van der Waals surface area contributed by atoms with E-state index in [1.807, 2.05) is 29.6 Å². The first-order valence-electron chi connectivity index (χ1n) is 6.75. The van der Waals surface area contributed by atoms with Crippen molar-refractivity contribution in [2.24, 2.45) is 0 Å². The molecule has 1 fully saturated rings. The van der Waals surface area contributed by atoms with Crippen LogP contribution < -0.4 is 0 Å². The van der Waals surface area contributed by atoms with Gasteiger partial charge in [-0.15, -0.1) is 22.9 Å². The van der Waals surface area contributed by atoms with Gasteiger partial charge in [-0.2, -0.15) is 0 Å². The van der Waals surface area contributed by atoms with Gasteiger partial charge in [-0.25, -0.2) is 4.98 Å². The Hall–Kier alpha value is -1.43. The van der Waals surface area contributed by atoms with E-state index in [1.165, 1.54) is 0 Å². The summed E-state index contributed by atoms with van der Waals surface area (Å²) in [5, 5.41) is 12.3. The van der Waals surface area contributed by atoms with E-state index in [9.17, 15) is 9.90 Å². The van der Waals surface area contributed by atoms with Crippen LogP contribution in [-0.4, -0.2) is 40.1 Å². The number of halogens is 1. The quantitative estimate of drug-likeness (QED) is 0.884. The van der Waals surface area contributed by atoms with Crippen LogP contribution >= 0.6 is 22.9 Å². The molecule has 1 aromatic carbocycles. The van der Waals surface area contributed by atoms with Gasteiger partial charge >= 0.3 is 0 Å². The molecule has 1 aliphatic rings. The van der Waals surface area contributed by atoms with Crippen molar-refractivity contribution in [1.82, 2.24) is 9.88 Å². The van der Waals surface area contributed by atoms with Crippen LogP contribution in [-0.2, 0) is 5.88 Å². The third-order valence-electron chi connectivity index (χ3n) is 3.52. The number of hydrogen-bond acceptors (Lipinski definition) is 4. The molecule has 110 valence electrons. The van der Waals surface area contributed by atoms with Gasteiger partial charge in [0.2, 0.25) is 0 Å². The fourth-order valence-electron chi connectivity index (χ4n) is 2.37. The number of nitrogens with zero attached hydrogens (tertiary/aromatic N) is 2. The summed E-state index contributed by atoms with van der Waals surface area (Å²) in [6.07, 6.45) is 0.266. The number of β-amino-alcohol motifs (C(OH)–C–C–N with tert-alkyl or cyclic N) is 1. The molecule has 1 unspecified atom stereocenters. The molecule has 0 saturated carbocycles. The highest BCUT2D eigenvalue weighted by molar-refractivity contribution is 7.13. The van der Waals surface area contributed by atoms with Crippen molar-refractivity contribution in [3.8, 4) is 10.6 Å². The molecule has 0 spiro atoms. The number of likely N-dealkylation sites (tertiary alicyclic amines) is 1. The van der Waals surface area contributed by atoms with Crippen molar-refractivity contribution in [3.63, 3.8) is 0 Å². The smallest absolute Gasteiger partial charge is 0.253 e. The average Bonchev–Trinajstić information content (AvgIpc) is 3.15. The number of rotatable bonds is 3. The maximum atomic E-state index is 12.3. The molecule has 1 aliphatic heterocycles. The van der Waals surface area contributed by atoms with E-state index in [4.69, 9.17) is 11.6 Å². The van der Waals surface area contributed by atoms with E-state index in [0.29, 0.717) is 31.0 Å². The van der Waals surface area contributed by atoms with Crippen LogP contribution in [0.4, 0.5) is 0 Å². The fourth-order valence-corrected chi connectivity index (χ4v) is 3.42. The van der Waals surface area contributed by atoms with Crippen LogP contribution in [0.15, 0.2) is 29.6 Å². The van der Waals surface area contributed by atoms with Crippen LogP contribution in [0, 0.1) is 0 Å². The molecule has 1 atom stereocenters. The van der Waals surface area contributed by atoms with E-state index in [2.05, 4.69) is 4.98 Å². The monoisotopic (exact) mass is 322 g/mol. The molecule has 2 aromatic rings. The summed E-state index contributed by atoms with van der Waals surface area (Å²) in [6.45, 7) is 1.04. The maximum absolute atomic E-state index is 12.3. The summed E-state index contributed by atoms with van der Waals surface area (Å²) in [7, 11) is 0. The van der Waals surface area contributed by atoms with Gasteiger partial charge in [-0.1, -0.05) is 12.1 Å². The van der Waals surface area contributed by atoms with E-state index in [0.717, 1.165) is 16.3 Å². The number of aromatic nitrogens is 1. The SMILES string of the molecule is O=C(c1ccc(-c2nc(CCl)cs2)cc1)N1CCC(O)C1. The summed E-state index contributed by atoms with van der Waals surface area (Å²) in [6, 6.07) is 7.42. The van der Waals surface area contributed by atoms with E-state index in [-0.39, 0.29) is 5.91 Å². The molecule has 1 saturated heterocycles. The van der Waals surface area contributed by atoms with Crippen LogP contribution in [0.5, 0.6) is 0 Å². The molecule has 1 amide bonds. The first-order chi connectivity index (χ1) is 10.2. The number of alkyl halides is 1. The highest BCUT2D eigenvalue weighted by Crippen LogP contribution is 2.25. The van der Waals surface area contributed by atoms with Crippen LogP contribution in [0.3, 0.4) is 0 Å². The Bertz CT molecular complexity index is 641. The topological polar surface area (TPSA) is 53.4 Å². The lowest BCUT2D eigenvalue weighted by Crippen LogP contribution is -2.29. The van der Waals surface area contributed by atoms with Crippen molar-refractivity contribution in [1.29, 1.82) is 0 Å². The summed E-state index contributed by atoms with van der Waals surface area (Å²) < 4.78 is 0. The number of carbonyl (C=O) groups is 1. The normalized spacial score (nSPS) is 18.2. The second kappa shape index (κ2) is 6.13. The highest BCUT2D eigenvalue weighted by atomic mass is 35.5. The minimum absolute atomic E-state index is 0.0290. The predicted molar refractivity (Wildman–Crippen MR) is 83.6 cm³/mol. The van der Waals surface area contributed by atoms with Gasteiger partial charge in [0, 0.05) is 29.6 Å². The van der Waals surface area contributed by atoms with Crippen molar-refractivity contribution < 1.29 is 9.90 Å². The van der Waals surface area contributed by atoms with Crippen molar-refractivity contribution in [2.75, 3.05) is 13.1 Å². The van der Waals surface area contributed by atoms with Crippen molar-refractivity contribution in [3.05, 3.63) is 40.9 Å². The Kier molecular flexibility index (Phi) is 4.24. The minimum Gasteiger partial charge on any atom is -0.391 e. The lowest BCUT2D eigenvalue weighted by Gasteiger charge is -2.15. The summed E-state index contributed by atoms with van der Waals surface area (Å²) in [5.74, 6) is 0.378. The number of hydrogen-bond donors (Lipinski definition) is 1. The molecular formula is C15H15ClN2O2S. The average molecular weight is 323 g/mol. The molecule has 2 heterocycles. The summed E-state index contributed by atoms with van der Waals surface area (Å²) in [5.41, 5.74) is 2.49. The third-order valence-corrected chi connectivity index (χ3v) is 4.73. The molecule has 6 heteroatoms. The third kappa shape index (κ3) is 3.10. The van der Waals surface area contributed by atoms with Crippen LogP contribution in [0.25, 0.3) is 10.6 Å². The zero-order valence-electron chi connectivity index (χ0n) is 11.3. The summed E-state index contributed by atoms with van der Waals surface area (Å²) in [4.78, 5) is 18.4. The van der Waals surface area contributed by atoms with E-state index < -0.39 is 6.10 Å². The molecule has 21 heavy (non-hydrogen) atoms. The van der Waals surface area contributed by atoms with E-state index in [1.54, 1.807) is 16.2 Å². The van der Waals surface area contributed by atoms with E-state index >= 15 is 0 Å². The van der Waals surface area contributed by atoms with Gasteiger partial charge in [-0.05, 0) is 18.6 Å². The maximum Gasteiger partial charge on any atom is 0.253 e. The number of benzene rings is 1. The lowest BCUT2D eigenvalue weighted by atomic mass is 10.1. The number of carbonyl (C=O) groups excluding carboxylic acids is 1. The van der Waals surface area contributed by atoms with Crippen molar-refractivity contribution >= 4 is 28.8 Å². The fraction of sp³-hybridized carbons (Fsp3) is 0.333. The Morgan fingerprint density at radius 1 is 1.43 bits per heavy atom. The Morgan fingerprint density at radius 2 is 2.19 bits per heavy atom. The summed E-state index contributed by atoms with van der Waals surface area (Å²) >= 11 is 7.30. The van der Waals surface area contributed by atoms with Gasteiger partial charge in [0.1, 0.15) is 5.01 Å². The zero-order chi connectivity index (χ0) is 14.8. The zero-order valence-corrected chi connectivity index (χ0v) is 12.9. The highest BCUT2D eigenvalue weighted by Gasteiger charge is 2.25. The molecule has 0 aliphatic carbocycles. The van der Waals surface area contributed by atoms with Gasteiger partial charge < -0.3 is 10.0 Å². The van der Waals surface area contributed by atoms with Crippen molar-refractivity contribution in [2.45, 2.75) is 18.4 Å². The second-order valence-corrected chi connectivity index (χ2v) is 6.17. The first kappa shape index (κ1) is 14.5. The van der Waals surface area contributed by atoms with Gasteiger partial charge in [0.05, 0.1) is 17.7 Å². The van der Waals surface area contributed by atoms with Gasteiger partial charge in [0.25, 0.3) is 5.91 Å². The predicted octanol–water partition coefficient (Wildman–Crippen LogP) is 2.76. The lowest BCUT2D eigenvalue weighted by molar-refractivity contribution is 0.0765. The first-order valence-corrected chi connectivity index (χ1v) is 8.17. The minimum atomic E-state index is -0.391. The largest absolute Gasteiger partial charge is 0.391 e. The molecule has 1 N–H and O–H groups in total. The number of amides is 1. The second-order valence-electron chi connectivity index (χ2n) is 5.05.